The van der Waals surface area contributed by atoms with Crippen LogP contribution in [0.3, 0.4) is 0 Å². The number of nitrogens with zero attached hydrogens (tertiary/aromatic N) is 3. The van der Waals surface area contributed by atoms with Crippen LogP contribution in [0, 0.1) is 13.8 Å². The van der Waals surface area contributed by atoms with E-state index in [1.165, 1.54) is 0 Å². The zero-order chi connectivity index (χ0) is 12.3. The van der Waals surface area contributed by atoms with Crippen molar-refractivity contribution in [2.24, 2.45) is 0 Å². The fourth-order valence-corrected chi connectivity index (χ4v) is 1.48. The van der Waals surface area contributed by atoms with Gasteiger partial charge in [0.25, 0.3) is 0 Å². The van der Waals surface area contributed by atoms with Gasteiger partial charge < -0.3 is 11.1 Å². The molecule has 0 amide bonds. The second-order valence-electron chi connectivity index (χ2n) is 3.89. The molecule has 0 unspecified atom stereocenters. The van der Waals surface area contributed by atoms with E-state index in [2.05, 4.69) is 20.3 Å². The molecule has 0 aliphatic heterocycles. The molecule has 0 bridgehead atoms. The van der Waals surface area contributed by atoms with Crippen molar-refractivity contribution < 1.29 is 0 Å². The lowest BCUT2D eigenvalue weighted by Gasteiger charge is -2.07. The summed E-state index contributed by atoms with van der Waals surface area (Å²) in [5, 5.41) is 3.19. The van der Waals surface area contributed by atoms with Crippen LogP contribution in [-0.2, 0) is 6.54 Å². The first-order chi connectivity index (χ1) is 8.13. The van der Waals surface area contributed by atoms with Crippen molar-refractivity contribution in [3.63, 3.8) is 0 Å². The van der Waals surface area contributed by atoms with E-state index in [9.17, 15) is 0 Å². The summed E-state index contributed by atoms with van der Waals surface area (Å²) in [5.74, 6) is 1.87. The number of nitrogens with one attached hydrogen (secondary N) is 1. The maximum atomic E-state index is 5.64. The van der Waals surface area contributed by atoms with Crippen LogP contribution in [-0.4, -0.2) is 15.0 Å². The fraction of sp³-hybridized carbons (Fsp3) is 0.250. The van der Waals surface area contributed by atoms with Gasteiger partial charge in [-0.2, -0.15) is 0 Å². The molecule has 3 N–H and O–H groups in total. The van der Waals surface area contributed by atoms with Crippen molar-refractivity contribution in [1.29, 1.82) is 0 Å². The first-order valence-corrected chi connectivity index (χ1v) is 5.40. The van der Waals surface area contributed by atoms with Crippen LogP contribution in [0.1, 0.15) is 17.1 Å². The molecule has 88 valence electrons. The quantitative estimate of drug-likeness (QED) is 0.837. The molecule has 2 heterocycles. The van der Waals surface area contributed by atoms with Gasteiger partial charge >= 0.3 is 0 Å². The van der Waals surface area contributed by atoms with Crippen LogP contribution >= 0.6 is 0 Å². The first kappa shape index (κ1) is 11.3. The number of rotatable bonds is 3. The lowest BCUT2D eigenvalue weighted by atomic mass is 10.2. The summed E-state index contributed by atoms with van der Waals surface area (Å²) in [5.41, 5.74) is 7.76. The van der Waals surface area contributed by atoms with Crippen LogP contribution < -0.4 is 11.1 Å². The van der Waals surface area contributed by atoms with Crippen LogP contribution in [0.15, 0.2) is 24.4 Å². The van der Waals surface area contributed by atoms with E-state index in [1.54, 1.807) is 6.07 Å². The Morgan fingerprint density at radius 3 is 2.71 bits per heavy atom. The number of aryl methyl sites for hydroxylation is 2. The molecule has 0 fully saturated rings. The highest BCUT2D eigenvalue weighted by Gasteiger charge is 1.99. The molecule has 0 aliphatic carbocycles. The normalized spacial score (nSPS) is 10.2. The van der Waals surface area contributed by atoms with Gasteiger partial charge in [0.15, 0.2) is 0 Å². The van der Waals surface area contributed by atoms with Gasteiger partial charge in [-0.3, -0.25) is 4.98 Å². The SMILES string of the molecule is Cc1ccc(CNc2cc(N)nc(C)n2)cn1. The molecule has 5 nitrogen and oxygen atoms in total. The Balaban J connectivity index is 2.04. The molecular formula is C12H15N5. The van der Waals surface area contributed by atoms with Crippen molar-refractivity contribution in [2.75, 3.05) is 11.1 Å². The van der Waals surface area contributed by atoms with E-state index in [-0.39, 0.29) is 0 Å². The summed E-state index contributed by atoms with van der Waals surface area (Å²) in [6.07, 6.45) is 1.85. The summed E-state index contributed by atoms with van der Waals surface area (Å²) in [6.45, 7) is 4.45. The number of nitrogens with two attached hydrogens (primary N) is 1. The van der Waals surface area contributed by atoms with Crippen molar-refractivity contribution in [3.8, 4) is 0 Å². The molecule has 2 rings (SSSR count). The predicted octanol–water partition coefficient (Wildman–Crippen LogP) is 1.68. The molecule has 0 spiro atoms. The molecule has 0 aliphatic rings. The molecule has 0 aromatic carbocycles. The Labute approximate surface area is 100 Å². The Morgan fingerprint density at radius 1 is 1.24 bits per heavy atom. The average molecular weight is 229 g/mol. The number of pyridine rings is 1. The maximum absolute atomic E-state index is 5.64. The number of anilines is 2. The standard InChI is InChI=1S/C12H15N5/c1-8-3-4-10(6-14-8)7-15-12-5-11(13)16-9(2)17-12/h3-6H,7H2,1-2H3,(H3,13,15,16,17). The lowest BCUT2D eigenvalue weighted by Crippen LogP contribution is -2.05. The fourth-order valence-electron chi connectivity index (χ4n) is 1.48. The lowest BCUT2D eigenvalue weighted by molar-refractivity contribution is 1.02. The van der Waals surface area contributed by atoms with E-state index >= 15 is 0 Å². The van der Waals surface area contributed by atoms with Gasteiger partial charge in [0.2, 0.25) is 0 Å². The Hall–Kier alpha value is -2.17. The van der Waals surface area contributed by atoms with Crippen LogP contribution in [0.5, 0.6) is 0 Å². The molecule has 0 saturated carbocycles. The minimum atomic E-state index is 0.474. The monoisotopic (exact) mass is 229 g/mol. The van der Waals surface area contributed by atoms with Gasteiger partial charge in [0.1, 0.15) is 17.5 Å². The summed E-state index contributed by atoms with van der Waals surface area (Å²) in [4.78, 5) is 12.5. The van der Waals surface area contributed by atoms with Gasteiger partial charge in [-0.05, 0) is 25.5 Å². The number of hydrogen-bond donors (Lipinski definition) is 2. The molecule has 17 heavy (non-hydrogen) atoms. The maximum Gasteiger partial charge on any atom is 0.132 e. The van der Waals surface area contributed by atoms with Gasteiger partial charge in [-0.15, -0.1) is 0 Å². The second-order valence-corrected chi connectivity index (χ2v) is 3.89. The summed E-state index contributed by atoms with van der Waals surface area (Å²) in [7, 11) is 0. The van der Waals surface area contributed by atoms with Gasteiger partial charge in [0, 0.05) is 24.5 Å². The Morgan fingerprint density at radius 2 is 2.06 bits per heavy atom. The minimum absolute atomic E-state index is 0.474. The number of nitrogen functional groups attached to an aromatic ring is 1. The highest BCUT2D eigenvalue weighted by Crippen LogP contribution is 2.09. The molecule has 5 heteroatoms. The molecular weight excluding hydrogens is 214 g/mol. The van der Waals surface area contributed by atoms with Crippen LogP contribution in [0.2, 0.25) is 0 Å². The van der Waals surface area contributed by atoms with E-state index in [4.69, 9.17) is 5.73 Å². The molecule has 0 atom stereocenters. The molecule has 2 aromatic heterocycles. The smallest absolute Gasteiger partial charge is 0.132 e. The molecule has 0 radical (unpaired) electrons. The van der Waals surface area contributed by atoms with Gasteiger partial charge in [0.05, 0.1) is 0 Å². The largest absolute Gasteiger partial charge is 0.384 e. The van der Waals surface area contributed by atoms with Crippen LogP contribution in [0.25, 0.3) is 0 Å². The van der Waals surface area contributed by atoms with Gasteiger partial charge in [-0.25, -0.2) is 9.97 Å². The third-order valence-electron chi connectivity index (χ3n) is 2.30. The molecule has 2 aromatic rings. The van der Waals surface area contributed by atoms with E-state index in [0.29, 0.717) is 18.2 Å². The number of hydrogen-bond acceptors (Lipinski definition) is 5. The van der Waals surface area contributed by atoms with Crippen molar-refractivity contribution in [2.45, 2.75) is 20.4 Å². The topological polar surface area (TPSA) is 76.7 Å². The van der Waals surface area contributed by atoms with Crippen molar-refractivity contribution in [3.05, 3.63) is 41.5 Å². The summed E-state index contributed by atoms with van der Waals surface area (Å²) < 4.78 is 0. The van der Waals surface area contributed by atoms with E-state index < -0.39 is 0 Å². The van der Waals surface area contributed by atoms with E-state index in [0.717, 1.165) is 17.1 Å². The molecule has 0 saturated heterocycles. The average Bonchev–Trinajstić information content (AvgIpc) is 2.27. The van der Waals surface area contributed by atoms with E-state index in [1.807, 2.05) is 32.2 Å². The second kappa shape index (κ2) is 4.78. The summed E-state index contributed by atoms with van der Waals surface area (Å²) >= 11 is 0. The van der Waals surface area contributed by atoms with Crippen molar-refractivity contribution in [1.82, 2.24) is 15.0 Å². The highest BCUT2D eigenvalue weighted by atomic mass is 15.0. The third kappa shape index (κ3) is 3.14. The zero-order valence-corrected chi connectivity index (χ0v) is 9.94. The van der Waals surface area contributed by atoms with Crippen LogP contribution in [0.4, 0.5) is 11.6 Å². The van der Waals surface area contributed by atoms with Gasteiger partial charge in [-0.1, -0.05) is 6.07 Å². The Kier molecular flexibility index (Phi) is 3.18. The third-order valence-corrected chi connectivity index (χ3v) is 2.30. The number of aromatic nitrogens is 3. The minimum Gasteiger partial charge on any atom is -0.384 e. The zero-order valence-electron chi connectivity index (χ0n) is 9.94. The predicted molar refractivity (Wildman–Crippen MR) is 67.5 cm³/mol. The summed E-state index contributed by atoms with van der Waals surface area (Å²) in [6, 6.07) is 5.73. The highest BCUT2D eigenvalue weighted by molar-refractivity contribution is 5.44. The first-order valence-electron chi connectivity index (χ1n) is 5.40. The Bertz CT molecular complexity index is 487. The van der Waals surface area contributed by atoms with Crippen molar-refractivity contribution >= 4 is 11.6 Å².